The van der Waals surface area contributed by atoms with Gasteiger partial charge in [-0.3, -0.25) is 0 Å². The molecule has 1 nitrogen and oxygen atoms in total. The summed E-state index contributed by atoms with van der Waals surface area (Å²) in [6.45, 7) is 9.99. The summed E-state index contributed by atoms with van der Waals surface area (Å²) in [5.74, 6) is 1.88. The van der Waals surface area contributed by atoms with E-state index >= 15 is 0 Å². The first-order valence-corrected chi connectivity index (χ1v) is 9.05. The van der Waals surface area contributed by atoms with E-state index in [-0.39, 0.29) is 0 Å². The Bertz CT molecular complexity index is 352. The van der Waals surface area contributed by atoms with Gasteiger partial charge in [-0.05, 0) is 73.7 Å². The van der Waals surface area contributed by atoms with E-state index in [9.17, 15) is 0 Å². The second kappa shape index (κ2) is 4.73. The van der Waals surface area contributed by atoms with Crippen LogP contribution in [0.15, 0.2) is 0 Å². The highest BCUT2D eigenvalue weighted by Gasteiger charge is 2.62. The highest BCUT2D eigenvalue weighted by atomic mass is 14.9. The lowest BCUT2D eigenvalue weighted by atomic mass is 9.38. The van der Waals surface area contributed by atoms with Crippen molar-refractivity contribution in [2.45, 2.75) is 85.1 Å². The van der Waals surface area contributed by atoms with Crippen LogP contribution in [0.25, 0.3) is 0 Å². The van der Waals surface area contributed by atoms with Gasteiger partial charge in [-0.2, -0.15) is 0 Å². The van der Waals surface area contributed by atoms with Gasteiger partial charge in [0.1, 0.15) is 0 Å². The van der Waals surface area contributed by atoms with Gasteiger partial charge in [0.15, 0.2) is 0 Å². The SMILES string of the molecule is CCC(CC)C(NC)C12CC3CC(C)(CC(C)(C3)C1)C2. The van der Waals surface area contributed by atoms with E-state index < -0.39 is 0 Å². The van der Waals surface area contributed by atoms with E-state index in [2.05, 4.69) is 40.1 Å². The van der Waals surface area contributed by atoms with Gasteiger partial charge in [-0.15, -0.1) is 0 Å². The van der Waals surface area contributed by atoms with Crippen LogP contribution >= 0.6 is 0 Å². The van der Waals surface area contributed by atoms with Gasteiger partial charge in [-0.25, -0.2) is 0 Å². The highest BCUT2D eigenvalue weighted by Crippen LogP contribution is 2.70. The van der Waals surface area contributed by atoms with Gasteiger partial charge < -0.3 is 5.32 Å². The van der Waals surface area contributed by atoms with E-state index in [0.29, 0.717) is 16.2 Å². The van der Waals surface area contributed by atoms with Gasteiger partial charge in [0.05, 0.1) is 0 Å². The third kappa shape index (κ3) is 2.16. The van der Waals surface area contributed by atoms with Crippen LogP contribution in [0.1, 0.15) is 79.1 Å². The normalized spacial score (nSPS) is 48.0. The minimum atomic E-state index is 0.606. The topological polar surface area (TPSA) is 12.0 Å². The second-order valence-electron chi connectivity index (χ2n) is 9.34. The zero-order valence-electron chi connectivity index (χ0n) is 14.4. The van der Waals surface area contributed by atoms with E-state index in [1.165, 1.54) is 51.4 Å². The minimum Gasteiger partial charge on any atom is -0.316 e. The molecule has 0 aromatic rings. The van der Waals surface area contributed by atoms with Crippen LogP contribution in [0.3, 0.4) is 0 Å². The molecular formula is C19H35N. The fourth-order valence-corrected chi connectivity index (χ4v) is 7.68. The van der Waals surface area contributed by atoms with Crippen LogP contribution < -0.4 is 5.32 Å². The van der Waals surface area contributed by atoms with Crippen molar-refractivity contribution in [3.63, 3.8) is 0 Å². The van der Waals surface area contributed by atoms with Crippen molar-refractivity contribution in [1.29, 1.82) is 0 Å². The van der Waals surface area contributed by atoms with Gasteiger partial charge in [0.2, 0.25) is 0 Å². The molecule has 4 fully saturated rings. The molecule has 0 aromatic heterocycles. The predicted molar refractivity (Wildman–Crippen MR) is 86.8 cm³/mol. The molecule has 4 aliphatic carbocycles. The molecule has 4 saturated carbocycles. The smallest absolute Gasteiger partial charge is 0.0149 e. The summed E-state index contributed by atoms with van der Waals surface area (Å²) in [5, 5.41) is 3.80. The number of rotatable bonds is 5. The van der Waals surface area contributed by atoms with E-state index in [4.69, 9.17) is 0 Å². The Morgan fingerprint density at radius 3 is 1.90 bits per heavy atom. The van der Waals surface area contributed by atoms with Crippen molar-refractivity contribution in [3.05, 3.63) is 0 Å². The van der Waals surface area contributed by atoms with Crippen LogP contribution in [-0.2, 0) is 0 Å². The van der Waals surface area contributed by atoms with Crippen molar-refractivity contribution < 1.29 is 0 Å². The largest absolute Gasteiger partial charge is 0.316 e. The maximum atomic E-state index is 3.80. The quantitative estimate of drug-likeness (QED) is 0.745. The first kappa shape index (κ1) is 14.9. The summed E-state index contributed by atoms with van der Waals surface area (Å²) < 4.78 is 0. The second-order valence-corrected chi connectivity index (χ2v) is 9.34. The Balaban J connectivity index is 1.94. The molecule has 20 heavy (non-hydrogen) atoms. The molecule has 0 amide bonds. The maximum Gasteiger partial charge on any atom is 0.0149 e. The third-order valence-corrected chi connectivity index (χ3v) is 7.16. The lowest BCUT2D eigenvalue weighted by molar-refractivity contribution is -0.163. The zero-order valence-corrected chi connectivity index (χ0v) is 14.4. The Morgan fingerprint density at radius 1 is 0.950 bits per heavy atom. The molecule has 116 valence electrons. The highest BCUT2D eigenvalue weighted by molar-refractivity contribution is 5.14. The maximum absolute atomic E-state index is 3.80. The predicted octanol–water partition coefficient (Wildman–Crippen LogP) is 5.01. The molecular weight excluding hydrogens is 242 g/mol. The average Bonchev–Trinajstić information content (AvgIpc) is 2.30. The molecule has 4 rings (SSSR count). The van der Waals surface area contributed by atoms with Gasteiger partial charge >= 0.3 is 0 Å². The van der Waals surface area contributed by atoms with Gasteiger partial charge in [-0.1, -0.05) is 40.5 Å². The molecule has 0 radical (unpaired) electrons. The zero-order chi connectivity index (χ0) is 14.6. The van der Waals surface area contributed by atoms with Crippen LogP contribution in [0.4, 0.5) is 0 Å². The monoisotopic (exact) mass is 277 g/mol. The number of hydrogen-bond acceptors (Lipinski definition) is 1. The van der Waals surface area contributed by atoms with Crippen LogP contribution in [0.2, 0.25) is 0 Å². The fraction of sp³-hybridized carbons (Fsp3) is 1.00. The van der Waals surface area contributed by atoms with Gasteiger partial charge in [0, 0.05) is 6.04 Å². The van der Waals surface area contributed by atoms with E-state index in [1.807, 2.05) is 0 Å². The van der Waals surface area contributed by atoms with Crippen molar-refractivity contribution in [3.8, 4) is 0 Å². The molecule has 0 saturated heterocycles. The van der Waals surface area contributed by atoms with Crippen molar-refractivity contribution in [1.82, 2.24) is 5.32 Å². The van der Waals surface area contributed by atoms with Crippen LogP contribution in [-0.4, -0.2) is 13.1 Å². The summed E-state index contributed by atoms with van der Waals surface area (Å²) in [5.41, 5.74) is 1.90. The fourth-order valence-electron chi connectivity index (χ4n) is 7.68. The van der Waals surface area contributed by atoms with E-state index in [1.54, 1.807) is 0 Å². The molecule has 0 aromatic carbocycles. The molecule has 4 bridgehead atoms. The first-order valence-electron chi connectivity index (χ1n) is 9.05. The molecule has 0 heterocycles. The van der Waals surface area contributed by atoms with Crippen molar-refractivity contribution >= 4 is 0 Å². The van der Waals surface area contributed by atoms with Crippen molar-refractivity contribution in [2.24, 2.45) is 28.1 Å². The number of nitrogens with one attached hydrogen (secondary N) is 1. The van der Waals surface area contributed by atoms with E-state index in [0.717, 1.165) is 17.9 Å². The summed E-state index contributed by atoms with van der Waals surface area (Å²) in [6, 6.07) is 0.750. The molecule has 3 unspecified atom stereocenters. The average molecular weight is 277 g/mol. The molecule has 1 heteroatoms. The van der Waals surface area contributed by atoms with Crippen LogP contribution in [0, 0.1) is 28.1 Å². The molecule has 3 atom stereocenters. The Kier molecular flexibility index (Phi) is 3.52. The molecule has 0 aliphatic heterocycles. The number of hydrogen-bond donors (Lipinski definition) is 1. The summed E-state index contributed by atoms with van der Waals surface area (Å²) in [4.78, 5) is 0. The Labute approximate surface area is 126 Å². The molecule has 4 aliphatic rings. The summed E-state index contributed by atoms with van der Waals surface area (Å²) in [7, 11) is 2.23. The summed E-state index contributed by atoms with van der Waals surface area (Å²) in [6.07, 6.45) is 11.7. The van der Waals surface area contributed by atoms with Crippen molar-refractivity contribution in [2.75, 3.05) is 7.05 Å². The lowest BCUT2D eigenvalue weighted by Crippen LogP contribution is -2.62. The standard InChI is InChI=1S/C19H35N/c1-6-15(7-2)16(20-5)19-10-14-8-17(3,12-19)11-18(4,9-14)13-19/h14-16,20H,6-13H2,1-5H3. The minimum absolute atomic E-state index is 0.606. The lowest BCUT2D eigenvalue weighted by Gasteiger charge is -2.68. The first-order chi connectivity index (χ1) is 9.37. The Hall–Kier alpha value is -0.0400. The molecule has 0 spiro atoms. The molecule has 1 N–H and O–H groups in total. The van der Waals surface area contributed by atoms with Crippen LogP contribution in [0.5, 0.6) is 0 Å². The summed E-state index contributed by atoms with van der Waals surface area (Å²) >= 11 is 0. The van der Waals surface area contributed by atoms with Gasteiger partial charge in [0.25, 0.3) is 0 Å². The third-order valence-electron chi connectivity index (χ3n) is 7.16. The Morgan fingerprint density at radius 2 is 1.50 bits per heavy atom.